The van der Waals surface area contributed by atoms with Crippen LogP contribution in [0, 0.1) is 0 Å². The van der Waals surface area contributed by atoms with Gasteiger partial charge in [-0.2, -0.15) is 8.78 Å². The van der Waals surface area contributed by atoms with Crippen LogP contribution >= 0.6 is 0 Å². The number of nitrogens with one attached hydrogen (secondary N) is 1. The van der Waals surface area contributed by atoms with E-state index in [1.54, 1.807) is 19.2 Å². The lowest BCUT2D eigenvalue weighted by Crippen LogP contribution is -2.17. The molecule has 1 rings (SSSR count). The smallest absolute Gasteiger partial charge is 0.387 e. The predicted octanol–water partition coefficient (Wildman–Crippen LogP) is 3.12. The molecule has 17 heavy (non-hydrogen) atoms. The Labute approximate surface area is 99.7 Å². The Bertz CT molecular complexity index is 334. The fourth-order valence-corrected chi connectivity index (χ4v) is 1.41. The van der Waals surface area contributed by atoms with Crippen LogP contribution in [0.3, 0.4) is 0 Å². The second-order valence-electron chi connectivity index (χ2n) is 3.73. The molecule has 1 N–H and O–H groups in total. The number of benzene rings is 1. The highest BCUT2D eigenvalue weighted by atomic mass is 19.3. The highest BCUT2D eigenvalue weighted by Gasteiger charge is 2.06. The predicted molar refractivity (Wildman–Crippen MR) is 62.7 cm³/mol. The molecule has 0 saturated carbocycles. The molecule has 1 aromatic rings. The van der Waals surface area contributed by atoms with E-state index in [1.807, 2.05) is 13.0 Å². The van der Waals surface area contributed by atoms with Gasteiger partial charge in [-0.05, 0) is 25.5 Å². The molecule has 0 saturated heterocycles. The van der Waals surface area contributed by atoms with Gasteiger partial charge in [-0.1, -0.05) is 6.07 Å². The van der Waals surface area contributed by atoms with Crippen LogP contribution in [0.15, 0.2) is 24.3 Å². The summed E-state index contributed by atoms with van der Waals surface area (Å²) in [6, 6.07) is 6.73. The quantitative estimate of drug-likeness (QED) is 0.800. The lowest BCUT2D eigenvalue weighted by atomic mass is 10.2. The van der Waals surface area contributed by atoms with Crippen LogP contribution in [-0.4, -0.2) is 26.4 Å². The largest absolute Gasteiger partial charge is 0.435 e. The Morgan fingerprint density at radius 3 is 2.76 bits per heavy atom. The molecule has 0 heterocycles. The van der Waals surface area contributed by atoms with E-state index in [0.29, 0.717) is 6.61 Å². The van der Waals surface area contributed by atoms with E-state index in [4.69, 9.17) is 4.74 Å². The van der Waals surface area contributed by atoms with Crippen LogP contribution in [0.5, 0.6) is 5.75 Å². The van der Waals surface area contributed by atoms with Crippen molar-refractivity contribution in [3.63, 3.8) is 0 Å². The van der Waals surface area contributed by atoms with E-state index in [0.717, 1.165) is 12.1 Å². The first-order valence-corrected chi connectivity index (χ1v) is 5.42. The molecule has 0 amide bonds. The number of halogens is 2. The Morgan fingerprint density at radius 2 is 2.12 bits per heavy atom. The number of ether oxygens (including phenoxy) is 2. The van der Waals surface area contributed by atoms with Crippen LogP contribution in [0.1, 0.15) is 13.3 Å². The zero-order valence-electron chi connectivity index (χ0n) is 9.95. The molecule has 0 radical (unpaired) electrons. The summed E-state index contributed by atoms with van der Waals surface area (Å²) in [5, 5.41) is 3.19. The zero-order valence-corrected chi connectivity index (χ0v) is 9.95. The van der Waals surface area contributed by atoms with Crippen LogP contribution in [0.4, 0.5) is 14.5 Å². The number of hydrogen-bond acceptors (Lipinski definition) is 3. The summed E-state index contributed by atoms with van der Waals surface area (Å²) in [7, 11) is 1.64. The van der Waals surface area contributed by atoms with Crippen molar-refractivity contribution in [2.45, 2.75) is 26.0 Å². The average molecular weight is 245 g/mol. The topological polar surface area (TPSA) is 30.5 Å². The van der Waals surface area contributed by atoms with E-state index >= 15 is 0 Å². The van der Waals surface area contributed by atoms with E-state index < -0.39 is 6.61 Å². The molecule has 0 aliphatic carbocycles. The Kier molecular flexibility index (Phi) is 5.69. The van der Waals surface area contributed by atoms with Crippen molar-refractivity contribution in [3.05, 3.63) is 24.3 Å². The summed E-state index contributed by atoms with van der Waals surface area (Å²) in [6.45, 7) is -0.141. The first-order chi connectivity index (χ1) is 8.11. The molecule has 5 heteroatoms. The second-order valence-corrected chi connectivity index (χ2v) is 3.73. The summed E-state index contributed by atoms with van der Waals surface area (Å²) >= 11 is 0. The molecule has 0 spiro atoms. The fourth-order valence-electron chi connectivity index (χ4n) is 1.41. The van der Waals surface area contributed by atoms with E-state index in [-0.39, 0.29) is 11.8 Å². The maximum Gasteiger partial charge on any atom is 0.387 e. The first kappa shape index (κ1) is 13.7. The molecule has 1 atom stereocenters. The second kappa shape index (κ2) is 7.06. The fraction of sp³-hybridized carbons (Fsp3) is 0.500. The third kappa shape index (κ3) is 5.49. The van der Waals surface area contributed by atoms with Gasteiger partial charge in [0.25, 0.3) is 0 Å². The normalized spacial score (nSPS) is 12.5. The summed E-state index contributed by atoms with van der Waals surface area (Å²) in [4.78, 5) is 0. The molecule has 0 bridgehead atoms. The minimum Gasteiger partial charge on any atom is -0.435 e. The first-order valence-electron chi connectivity index (χ1n) is 5.42. The third-order valence-electron chi connectivity index (χ3n) is 2.23. The highest BCUT2D eigenvalue weighted by Crippen LogP contribution is 2.20. The molecule has 0 aromatic heterocycles. The molecule has 0 aliphatic heterocycles. The summed E-state index contributed by atoms with van der Waals surface area (Å²) < 4.78 is 33.3. The van der Waals surface area contributed by atoms with Gasteiger partial charge in [0.1, 0.15) is 5.75 Å². The van der Waals surface area contributed by atoms with Crippen molar-refractivity contribution < 1.29 is 18.3 Å². The number of anilines is 1. The van der Waals surface area contributed by atoms with Crippen molar-refractivity contribution in [2.75, 3.05) is 19.0 Å². The van der Waals surface area contributed by atoms with Gasteiger partial charge >= 0.3 is 6.61 Å². The van der Waals surface area contributed by atoms with Gasteiger partial charge in [-0.25, -0.2) is 0 Å². The summed E-state index contributed by atoms with van der Waals surface area (Å²) in [5.74, 6) is 0.156. The van der Waals surface area contributed by atoms with Gasteiger partial charge in [-0.15, -0.1) is 0 Å². The summed E-state index contributed by atoms with van der Waals surface area (Å²) in [5.41, 5.74) is 0.756. The molecule has 1 aromatic carbocycles. The van der Waals surface area contributed by atoms with Gasteiger partial charge in [-0.3, -0.25) is 0 Å². The highest BCUT2D eigenvalue weighted by molar-refractivity contribution is 5.48. The van der Waals surface area contributed by atoms with Crippen LogP contribution < -0.4 is 10.1 Å². The zero-order chi connectivity index (χ0) is 12.7. The Hall–Kier alpha value is -1.36. The van der Waals surface area contributed by atoms with Crippen molar-refractivity contribution in [3.8, 4) is 5.75 Å². The lowest BCUT2D eigenvalue weighted by molar-refractivity contribution is -0.0498. The van der Waals surface area contributed by atoms with Gasteiger partial charge in [0.15, 0.2) is 0 Å². The molecule has 3 nitrogen and oxygen atoms in total. The van der Waals surface area contributed by atoms with Gasteiger partial charge < -0.3 is 14.8 Å². The van der Waals surface area contributed by atoms with Crippen LogP contribution in [-0.2, 0) is 4.74 Å². The van der Waals surface area contributed by atoms with Crippen LogP contribution in [0.25, 0.3) is 0 Å². The monoisotopic (exact) mass is 245 g/mol. The minimum absolute atomic E-state index is 0.156. The molecule has 96 valence electrons. The number of alkyl halides is 2. The lowest BCUT2D eigenvalue weighted by Gasteiger charge is -2.15. The number of methoxy groups -OCH3 is 1. The minimum atomic E-state index is -2.80. The maximum absolute atomic E-state index is 12.0. The van der Waals surface area contributed by atoms with Crippen molar-refractivity contribution in [1.29, 1.82) is 0 Å². The summed E-state index contributed by atoms with van der Waals surface area (Å²) in [6.07, 6.45) is 0.844. The molecular weight excluding hydrogens is 228 g/mol. The van der Waals surface area contributed by atoms with Gasteiger partial charge in [0, 0.05) is 31.5 Å². The van der Waals surface area contributed by atoms with E-state index in [1.165, 1.54) is 6.07 Å². The van der Waals surface area contributed by atoms with Crippen molar-refractivity contribution >= 4 is 5.69 Å². The molecule has 0 aliphatic rings. The average Bonchev–Trinajstić information content (AvgIpc) is 2.26. The SMILES string of the molecule is COCCC(C)Nc1cccc(OC(F)F)c1. The third-order valence-corrected chi connectivity index (χ3v) is 2.23. The van der Waals surface area contributed by atoms with Gasteiger partial charge in [0.2, 0.25) is 0 Å². The molecule has 0 fully saturated rings. The van der Waals surface area contributed by atoms with Gasteiger partial charge in [0.05, 0.1) is 0 Å². The Balaban J connectivity index is 2.53. The maximum atomic E-state index is 12.0. The van der Waals surface area contributed by atoms with Crippen molar-refractivity contribution in [2.24, 2.45) is 0 Å². The van der Waals surface area contributed by atoms with E-state index in [2.05, 4.69) is 10.1 Å². The van der Waals surface area contributed by atoms with E-state index in [9.17, 15) is 8.78 Å². The van der Waals surface area contributed by atoms with Crippen LogP contribution in [0.2, 0.25) is 0 Å². The number of hydrogen-bond donors (Lipinski definition) is 1. The Morgan fingerprint density at radius 1 is 1.35 bits per heavy atom. The molecular formula is C12H17F2NO2. The van der Waals surface area contributed by atoms with Crippen molar-refractivity contribution in [1.82, 2.24) is 0 Å². The molecule has 1 unspecified atom stereocenters. The standard InChI is InChI=1S/C12H17F2NO2/c1-9(6-7-16-2)15-10-4-3-5-11(8-10)17-12(13)14/h3-5,8-9,12,15H,6-7H2,1-2H3. The number of rotatable bonds is 7.